The maximum atomic E-state index is 7.20. The second kappa shape index (κ2) is 13.8. The van der Waals surface area contributed by atoms with Crippen LogP contribution in [0.25, 0.3) is 106 Å². The molecule has 0 atom stereocenters. The van der Waals surface area contributed by atoms with E-state index in [0.29, 0.717) is 0 Å². The van der Waals surface area contributed by atoms with Gasteiger partial charge in [-0.3, -0.25) is 0 Å². The maximum absolute atomic E-state index is 7.20. The topological polar surface area (TPSA) is 16.4 Å². The minimum Gasteiger partial charge on any atom is -0.455 e. The van der Waals surface area contributed by atoms with Gasteiger partial charge in [0.1, 0.15) is 11.2 Å². The van der Waals surface area contributed by atoms with Gasteiger partial charge in [-0.25, -0.2) is 0 Å². The van der Waals surface area contributed by atoms with E-state index in [1.165, 1.54) is 90.1 Å². The molecule has 65 heavy (non-hydrogen) atoms. The summed E-state index contributed by atoms with van der Waals surface area (Å²) >= 11 is 3.74. The summed E-state index contributed by atoms with van der Waals surface area (Å²) in [4.78, 5) is 2.46. The number of anilines is 3. The third-order valence-corrected chi connectivity index (χ3v) is 16.5. The second-order valence-electron chi connectivity index (χ2n) is 17.9. The van der Waals surface area contributed by atoms with Gasteiger partial charge in [-0.2, -0.15) is 0 Å². The average Bonchev–Trinajstić information content (AvgIpc) is 4.10. The molecular formula is C61H39NOS2. The van der Waals surface area contributed by atoms with Crippen molar-refractivity contribution >= 4 is 113 Å². The van der Waals surface area contributed by atoms with Crippen molar-refractivity contribution in [1.82, 2.24) is 0 Å². The lowest BCUT2D eigenvalue weighted by Gasteiger charge is -2.29. The summed E-state index contributed by atoms with van der Waals surface area (Å²) in [6.45, 7) is 4.73. The minimum absolute atomic E-state index is 0.157. The quantitative estimate of drug-likeness (QED) is 0.171. The molecule has 0 saturated carbocycles. The van der Waals surface area contributed by atoms with Crippen LogP contribution in [0.4, 0.5) is 17.1 Å². The fourth-order valence-corrected chi connectivity index (χ4v) is 13.5. The van der Waals surface area contributed by atoms with Crippen molar-refractivity contribution in [2.75, 3.05) is 4.90 Å². The van der Waals surface area contributed by atoms with Crippen molar-refractivity contribution in [2.24, 2.45) is 0 Å². The lowest BCUT2D eigenvalue weighted by molar-refractivity contribution is 0.660. The number of benzene rings is 10. The number of hydrogen-bond acceptors (Lipinski definition) is 4. The Kier molecular flexibility index (Phi) is 7.81. The van der Waals surface area contributed by atoms with E-state index in [1.54, 1.807) is 0 Å². The van der Waals surface area contributed by atoms with Gasteiger partial charge >= 0.3 is 0 Å². The minimum atomic E-state index is -0.157. The molecule has 13 aromatic rings. The van der Waals surface area contributed by atoms with Crippen LogP contribution < -0.4 is 4.90 Å². The van der Waals surface area contributed by atoms with E-state index in [4.69, 9.17) is 4.42 Å². The van der Waals surface area contributed by atoms with Crippen LogP contribution in [-0.2, 0) is 5.41 Å². The molecule has 1 aliphatic carbocycles. The summed E-state index contributed by atoms with van der Waals surface area (Å²) in [6, 6.07) is 73.9. The van der Waals surface area contributed by atoms with Crippen LogP contribution in [0, 0.1) is 0 Å². The van der Waals surface area contributed by atoms with Gasteiger partial charge in [-0.15, -0.1) is 22.7 Å². The average molecular weight is 866 g/mol. The zero-order valence-corrected chi connectivity index (χ0v) is 37.4. The number of thiophene rings is 2. The first kappa shape index (κ1) is 36.9. The van der Waals surface area contributed by atoms with Gasteiger partial charge < -0.3 is 9.32 Å². The molecular weight excluding hydrogens is 827 g/mol. The highest BCUT2D eigenvalue weighted by atomic mass is 32.1. The van der Waals surface area contributed by atoms with Gasteiger partial charge in [-0.05, 0) is 98.8 Å². The normalized spacial score (nSPS) is 13.2. The van der Waals surface area contributed by atoms with Gasteiger partial charge in [0.2, 0.25) is 0 Å². The number of furan rings is 1. The number of fused-ring (bicyclic) bond motifs is 13. The van der Waals surface area contributed by atoms with E-state index >= 15 is 0 Å². The highest BCUT2D eigenvalue weighted by Gasteiger charge is 2.36. The molecule has 0 fully saturated rings. The van der Waals surface area contributed by atoms with E-state index < -0.39 is 0 Å². The van der Waals surface area contributed by atoms with Crippen LogP contribution in [-0.4, -0.2) is 0 Å². The molecule has 4 heteroatoms. The van der Waals surface area contributed by atoms with Crippen molar-refractivity contribution in [1.29, 1.82) is 0 Å². The monoisotopic (exact) mass is 865 g/mol. The van der Waals surface area contributed by atoms with Crippen LogP contribution in [0.2, 0.25) is 0 Å². The van der Waals surface area contributed by atoms with Gasteiger partial charge in [0.25, 0.3) is 0 Å². The Bertz CT molecular complexity index is 4110. The number of rotatable bonds is 5. The summed E-state index contributed by atoms with van der Waals surface area (Å²) in [5.41, 5.74) is 15.0. The molecule has 10 aromatic carbocycles. The van der Waals surface area contributed by atoms with Crippen LogP contribution in [0.5, 0.6) is 0 Å². The summed E-state index contributed by atoms with van der Waals surface area (Å²) in [5, 5.41) is 9.78. The second-order valence-corrected chi connectivity index (χ2v) is 20.0. The summed E-state index contributed by atoms with van der Waals surface area (Å²) in [6.07, 6.45) is 0. The van der Waals surface area contributed by atoms with Gasteiger partial charge in [0.15, 0.2) is 0 Å². The standard InChI is InChI=1S/C61H39NOS2/c1-61(2)50-23-8-5-16-42(50)43-33-32-39(35-51(43)61)62(38-30-28-36(29-31-38)41-19-11-20-46-44-17-6-9-26-54(44)64-59(41)46)52-24-13-25-53-57(52)49-34-37-14-3-4-15-40(37)56(58(49)63-53)48-22-12-21-47-45-18-7-10-27-55(45)65-60(47)48/h3-35H,1-2H3. The first-order valence-corrected chi connectivity index (χ1v) is 24.0. The molecule has 0 bridgehead atoms. The fourth-order valence-electron chi connectivity index (χ4n) is 11.0. The molecule has 3 aromatic heterocycles. The first-order chi connectivity index (χ1) is 32.0. The molecule has 306 valence electrons. The van der Waals surface area contributed by atoms with E-state index in [1.807, 2.05) is 22.7 Å². The van der Waals surface area contributed by atoms with Crippen LogP contribution in [0.3, 0.4) is 0 Å². The number of nitrogens with zero attached hydrogens (tertiary/aromatic N) is 1. The van der Waals surface area contributed by atoms with Crippen molar-refractivity contribution in [3.8, 4) is 33.4 Å². The zero-order valence-electron chi connectivity index (χ0n) is 35.7. The molecule has 0 aliphatic heterocycles. The smallest absolute Gasteiger partial charge is 0.144 e. The Morgan fingerprint density at radius 2 is 1.02 bits per heavy atom. The third kappa shape index (κ3) is 5.33. The Labute approximate surface area is 383 Å². The fraction of sp³-hybridized carbons (Fsp3) is 0.0492. The molecule has 0 unspecified atom stereocenters. The molecule has 0 saturated heterocycles. The summed E-state index contributed by atoms with van der Waals surface area (Å²) in [5.74, 6) is 0. The highest BCUT2D eigenvalue weighted by molar-refractivity contribution is 7.26. The molecule has 14 rings (SSSR count). The van der Waals surface area contributed by atoms with Crippen molar-refractivity contribution in [3.05, 3.63) is 211 Å². The van der Waals surface area contributed by atoms with Crippen LogP contribution in [0.15, 0.2) is 205 Å². The first-order valence-electron chi connectivity index (χ1n) is 22.3. The zero-order chi connectivity index (χ0) is 43.0. The lowest BCUT2D eigenvalue weighted by atomic mass is 9.82. The van der Waals surface area contributed by atoms with Crippen molar-refractivity contribution in [2.45, 2.75) is 19.3 Å². The van der Waals surface area contributed by atoms with E-state index in [2.05, 4.69) is 219 Å². The Morgan fingerprint density at radius 3 is 1.78 bits per heavy atom. The molecule has 2 nitrogen and oxygen atoms in total. The van der Waals surface area contributed by atoms with Crippen LogP contribution >= 0.6 is 22.7 Å². The number of hydrogen-bond donors (Lipinski definition) is 0. The van der Waals surface area contributed by atoms with Crippen LogP contribution in [0.1, 0.15) is 25.0 Å². The van der Waals surface area contributed by atoms with E-state index in [9.17, 15) is 0 Å². The molecule has 0 amide bonds. The SMILES string of the molecule is CC1(C)c2ccccc2-c2ccc(N(c3ccc(-c4cccc5c4sc4ccccc45)cc3)c3cccc4oc5c(-c6cccc7c6sc6ccccc67)c6ccccc6cc5c34)cc21. The van der Waals surface area contributed by atoms with Gasteiger partial charge in [0, 0.05) is 73.6 Å². The molecule has 1 aliphatic rings. The Morgan fingerprint density at radius 1 is 0.431 bits per heavy atom. The van der Waals surface area contributed by atoms with E-state index in [0.717, 1.165) is 44.6 Å². The van der Waals surface area contributed by atoms with Crippen molar-refractivity contribution in [3.63, 3.8) is 0 Å². The summed E-state index contributed by atoms with van der Waals surface area (Å²) < 4.78 is 12.4. The van der Waals surface area contributed by atoms with Gasteiger partial charge in [-0.1, -0.05) is 159 Å². The lowest BCUT2D eigenvalue weighted by Crippen LogP contribution is -2.16. The molecule has 3 heterocycles. The third-order valence-electron chi connectivity index (χ3n) is 14.1. The predicted octanol–water partition coefficient (Wildman–Crippen LogP) is 18.6. The Balaban J connectivity index is 1.02. The predicted molar refractivity (Wildman–Crippen MR) is 280 cm³/mol. The molecule has 0 radical (unpaired) electrons. The molecule has 0 spiro atoms. The Hall–Kier alpha value is -7.50. The molecule has 0 N–H and O–H groups in total. The highest BCUT2D eigenvalue weighted by Crippen LogP contribution is 2.53. The van der Waals surface area contributed by atoms with Gasteiger partial charge in [0.05, 0.1) is 11.1 Å². The van der Waals surface area contributed by atoms with Crippen molar-refractivity contribution < 1.29 is 4.42 Å². The maximum Gasteiger partial charge on any atom is 0.144 e. The summed E-state index contributed by atoms with van der Waals surface area (Å²) in [7, 11) is 0. The largest absolute Gasteiger partial charge is 0.455 e. The van der Waals surface area contributed by atoms with E-state index in [-0.39, 0.29) is 5.41 Å².